The maximum absolute atomic E-state index is 11.9. The topological polar surface area (TPSA) is 72.2 Å². The van der Waals surface area contributed by atoms with Gasteiger partial charge >= 0.3 is 0 Å². The van der Waals surface area contributed by atoms with Gasteiger partial charge in [0.1, 0.15) is 0 Å². The SMILES string of the molecule is Cc1cc(C)cc(S(=O)(=O)NC(C)CN)c1. The first kappa shape index (κ1) is 13.2. The van der Waals surface area contributed by atoms with Crippen molar-refractivity contribution in [2.45, 2.75) is 31.7 Å². The second-order valence-corrected chi connectivity index (χ2v) is 5.80. The highest BCUT2D eigenvalue weighted by Crippen LogP contribution is 2.14. The van der Waals surface area contributed by atoms with E-state index in [9.17, 15) is 8.42 Å². The van der Waals surface area contributed by atoms with Crippen molar-refractivity contribution in [2.24, 2.45) is 5.73 Å². The first-order chi connectivity index (χ1) is 7.35. The molecule has 1 aromatic carbocycles. The van der Waals surface area contributed by atoms with Crippen LogP contribution in [0.5, 0.6) is 0 Å². The Labute approximate surface area is 96.9 Å². The average Bonchev–Trinajstić information content (AvgIpc) is 2.15. The monoisotopic (exact) mass is 242 g/mol. The standard InChI is InChI=1S/C11H18N2O2S/c1-8-4-9(2)6-11(5-8)16(14,15)13-10(3)7-12/h4-6,10,13H,7,12H2,1-3H3. The van der Waals surface area contributed by atoms with Crippen LogP contribution in [-0.4, -0.2) is 21.0 Å². The molecule has 16 heavy (non-hydrogen) atoms. The molecule has 5 heteroatoms. The lowest BCUT2D eigenvalue weighted by atomic mass is 10.2. The van der Waals surface area contributed by atoms with Crippen molar-refractivity contribution in [3.63, 3.8) is 0 Å². The molecule has 0 fully saturated rings. The fourth-order valence-electron chi connectivity index (χ4n) is 1.47. The molecule has 1 rings (SSSR count). The zero-order valence-electron chi connectivity index (χ0n) is 9.82. The van der Waals surface area contributed by atoms with Crippen molar-refractivity contribution < 1.29 is 8.42 Å². The summed E-state index contributed by atoms with van der Waals surface area (Å²) in [5, 5.41) is 0. The third kappa shape index (κ3) is 3.30. The summed E-state index contributed by atoms with van der Waals surface area (Å²) in [7, 11) is -3.45. The summed E-state index contributed by atoms with van der Waals surface area (Å²) >= 11 is 0. The van der Waals surface area contributed by atoms with Crippen LogP contribution >= 0.6 is 0 Å². The minimum Gasteiger partial charge on any atom is -0.329 e. The third-order valence-electron chi connectivity index (χ3n) is 2.22. The largest absolute Gasteiger partial charge is 0.329 e. The van der Waals surface area contributed by atoms with E-state index in [0.717, 1.165) is 11.1 Å². The van der Waals surface area contributed by atoms with Crippen molar-refractivity contribution in [1.82, 2.24) is 4.72 Å². The van der Waals surface area contributed by atoms with Crippen LogP contribution in [0.1, 0.15) is 18.1 Å². The molecule has 0 heterocycles. The summed E-state index contributed by atoms with van der Waals surface area (Å²) in [5.41, 5.74) is 7.25. The predicted octanol–water partition coefficient (Wildman–Crippen LogP) is 0.929. The fourth-order valence-corrected chi connectivity index (χ4v) is 2.91. The maximum Gasteiger partial charge on any atom is 0.240 e. The van der Waals surface area contributed by atoms with E-state index in [1.165, 1.54) is 0 Å². The Morgan fingerprint density at radius 1 is 1.25 bits per heavy atom. The highest BCUT2D eigenvalue weighted by atomic mass is 32.2. The molecule has 0 aliphatic heterocycles. The predicted molar refractivity (Wildman–Crippen MR) is 64.8 cm³/mol. The molecule has 1 unspecified atom stereocenters. The van der Waals surface area contributed by atoms with Gasteiger partial charge in [0.05, 0.1) is 4.90 Å². The molecule has 0 aliphatic carbocycles. The fraction of sp³-hybridized carbons (Fsp3) is 0.455. The Kier molecular flexibility index (Phi) is 4.07. The first-order valence-electron chi connectivity index (χ1n) is 5.16. The molecule has 1 atom stereocenters. The van der Waals surface area contributed by atoms with Crippen LogP contribution < -0.4 is 10.5 Å². The summed E-state index contributed by atoms with van der Waals surface area (Å²) in [6.07, 6.45) is 0. The number of sulfonamides is 1. The minimum absolute atomic E-state index is 0.259. The smallest absolute Gasteiger partial charge is 0.240 e. The molecule has 1 aromatic rings. The molecule has 0 bridgehead atoms. The zero-order chi connectivity index (χ0) is 12.3. The maximum atomic E-state index is 11.9. The Morgan fingerprint density at radius 2 is 1.75 bits per heavy atom. The van der Waals surface area contributed by atoms with E-state index >= 15 is 0 Å². The second-order valence-electron chi connectivity index (χ2n) is 4.08. The van der Waals surface area contributed by atoms with Crippen LogP contribution in [0.2, 0.25) is 0 Å². The van der Waals surface area contributed by atoms with Crippen molar-refractivity contribution in [1.29, 1.82) is 0 Å². The lowest BCUT2D eigenvalue weighted by molar-refractivity contribution is 0.562. The highest BCUT2D eigenvalue weighted by molar-refractivity contribution is 7.89. The molecule has 4 nitrogen and oxygen atoms in total. The van der Waals surface area contributed by atoms with Gasteiger partial charge in [0.25, 0.3) is 0 Å². The third-order valence-corrected chi connectivity index (χ3v) is 3.78. The average molecular weight is 242 g/mol. The van der Waals surface area contributed by atoms with E-state index in [4.69, 9.17) is 5.73 Å². The van der Waals surface area contributed by atoms with Gasteiger partial charge in [-0.1, -0.05) is 6.07 Å². The van der Waals surface area contributed by atoms with Crippen LogP contribution in [0.25, 0.3) is 0 Å². The minimum atomic E-state index is -3.45. The van der Waals surface area contributed by atoms with E-state index in [1.807, 2.05) is 19.9 Å². The molecule has 0 aliphatic rings. The molecule has 3 N–H and O–H groups in total. The number of rotatable bonds is 4. The molecular weight excluding hydrogens is 224 g/mol. The zero-order valence-corrected chi connectivity index (χ0v) is 10.6. The number of hydrogen-bond donors (Lipinski definition) is 2. The van der Waals surface area contributed by atoms with Crippen molar-refractivity contribution in [2.75, 3.05) is 6.54 Å². The summed E-state index contributed by atoms with van der Waals surface area (Å²) < 4.78 is 26.4. The van der Waals surface area contributed by atoms with Crippen LogP contribution in [0.4, 0.5) is 0 Å². The van der Waals surface area contributed by atoms with E-state index in [-0.39, 0.29) is 12.6 Å². The van der Waals surface area contributed by atoms with E-state index in [1.54, 1.807) is 19.1 Å². The second kappa shape index (κ2) is 4.95. The van der Waals surface area contributed by atoms with Crippen LogP contribution in [-0.2, 0) is 10.0 Å². The van der Waals surface area contributed by atoms with Gasteiger partial charge in [0.15, 0.2) is 0 Å². The molecule has 0 saturated heterocycles. The number of hydrogen-bond acceptors (Lipinski definition) is 3. The Hall–Kier alpha value is -0.910. The summed E-state index contributed by atoms with van der Waals surface area (Å²) in [4.78, 5) is 0.297. The van der Waals surface area contributed by atoms with E-state index < -0.39 is 10.0 Å². The Bertz CT molecular complexity index is 449. The van der Waals surface area contributed by atoms with Crippen LogP contribution in [0.3, 0.4) is 0 Å². The van der Waals surface area contributed by atoms with E-state index in [0.29, 0.717) is 4.90 Å². The van der Waals surface area contributed by atoms with Gasteiger partial charge in [-0.2, -0.15) is 0 Å². The van der Waals surface area contributed by atoms with Crippen molar-refractivity contribution in [3.8, 4) is 0 Å². The quantitative estimate of drug-likeness (QED) is 0.825. The van der Waals surface area contributed by atoms with Gasteiger partial charge in [0.2, 0.25) is 10.0 Å². The Morgan fingerprint density at radius 3 is 2.19 bits per heavy atom. The molecule has 0 amide bonds. The van der Waals surface area contributed by atoms with Gasteiger partial charge in [-0.15, -0.1) is 0 Å². The highest BCUT2D eigenvalue weighted by Gasteiger charge is 2.16. The van der Waals surface area contributed by atoms with Crippen molar-refractivity contribution in [3.05, 3.63) is 29.3 Å². The number of nitrogens with one attached hydrogen (secondary N) is 1. The summed E-state index contributed by atoms with van der Waals surface area (Å²) in [5.74, 6) is 0. The molecule has 0 radical (unpaired) electrons. The molecule has 0 aromatic heterocycles. The van der Waals surface area contributed by atoms with Gasteiger partial charge in [-0.05, 0) is 44.0 Å². The lowest BCUT2D eigenvalue weighted by Gasteiger charge is -2.12. The summed E-state index contributed by atoms with van der Waals surface area (Å²) in [6, 6.07) is 4.98. The molecular formula is C11H18N2O2S. The van der Waals surface area contributed by atoms with Crippen LogP contribution in [0, 0.1) is 13.8 Å². The lowest BCUT2D eigenvalue weighted by Crippen LogP contribution is -2.37. The first-order valence-corrected chi connectivity index (χ1v) is 6.64. The van der Waals surface area contributed by atoms with Crippen LogP contribution in [0.15, 0.2) is 23.1 Å². The van der Waals surface area contributed by atoms with Crippen molar-refractivity contribution >= 4 is 10.0 Å². The van der Waals surface area contributed by atoms with Gasteiger partial charge in [0, 0.05) is 12.6 Å². The summed E-state index contributed by atoms with van der Waals surface area (Å²) in [6.45, 7) is 5.76. The van der Waals surface area contributed by atoms with Gasteiger partial charge in [-0.3, -0.25) is 0 Å². The normalized spacial score (nSPS) is 13.8. The van der Waals surface area contributed by atoms with Gasteiger partial charge < -0.3 is 5.73 Å². The molecule has 90 valence electrons. The number of aryl methyl sites for hydroxylation is 2. The molecule has 0 spiro atoms. The number of nitrogens with two attached hydrogens (primary N) is 1. The number of benzene rings is 1. The van der Waals surface area contributed by atoms with Gasteiger partial charge in [-0.25, -0.2) is 13.1 Å². The molecule has 0 saturated carbocycles. The van der Waals surface area contributed by atoms with E-state index in [2.05, 4.69) is 4.72 Å². The Balaban J connectivity index is 3.07.